The summed E-state index contributed by atoms with van der Waals surface area (Å²) < 4.78 is 7.24. The maximum atomic E-state index is 5.08. The molecule has 2 N–H and O–H groups in total. The van der Waals surface area contributed by atoms with E-state index in [-0.39, 0.29) is 0 Å². The van der Waals surface area contributed by atoms with Gasteiger partial charge in [0.2, 0.25) is 5.88 Å². The van der Waals surface area contributed by atoms with Gasteiger partial charge in [0, 0.05) is 18.8 Å². The zero-order valence-electron chi connectivity index (χ0n) is 13.5. The fraction of sp³-hybridized carbons (Fsp3) is 0.438. The Kier molecular flexibility index (Phi) is 4.75. The number of unbranched alkanes of at least 4 members (excludes halogenated alkanes) is 3. The lowest BCUT2D eigenvalue weighted by Crippen LogP contribution is -2.01. The average molecular weight is 314 g/mol. The molecule has 0 bridgehead atoms. The largest absolute Gasteiger partial charge is 0.481 e. The number of aromatic amines is 1. The van der Waals surface area contributed by atoms with Crippen LogP contribution in [0.3, 0.4) is 0 Å². The van der Waals surface area contributed by atoms with Crippen molar-refractivity contribution in [3.63, 3.8) is 0 Å². The maximum absolute atomic E-state index is 5.08. The van der Waals surface area contributed by atoms with E-state index in [0.717, 1.165) is 24.1 Å². The Morgan fingerprint density at radius 2 is 2.17 bits per heavy atom. The van der Waals surface area contributed by atoms with Crippen molar-refractivity contribution in [3.05, 3.63) is 24.5 Å². The number of aromatic nitrogens is 5. The number of rotatable bonds is 8. The van der Waals surface area contributed by atoms with Crippen molar-refractivity contribution in [3.8, 4) is 5.88 Å². The van der Waals surface area contributed by atoms with Crippen LogP contribution in [0.2, 0.25) is 0 Å². The molecule has 0 spiro atoms. The minimum absolute atomic E-state index is 0.598. The Hall–Kier alpha value is -2.57. The highest BCUT2D eigenvalue weighted by Gasteiger charge is 2.07. The van der Waals surface area contributed by atoms with Crippen LogP contribution in [0.5, 0.6) is 5.88 Å². The molecule has 3 heterocycles. The van der Waals surface area contributed by atoms with Crippen LogP contribution in [0.15, 0.2) is 24.5 Å². The molecule has 3 aromatic heterocycles. The van der Waals surface area contributed by atoms with E-state index in [1.165, 1.54) is 19.3 Å². The first-order chi connectivity index (χ1) is 11.3. The van der Waals surface area contributed by atoms with E-state index in [4.69, 9.17) is 4.74 Å². The van der Waals surface area contributed by atoms with Gasteiger partial charge in [-0.25, -0.2) is 15.1 Å². The second-order valence-corrected chi connectivity index (χ2v) is 5.48. The first kappa shape index (κ1) is 15.3. The molecule has 0 aliphatic rings. The van der Waals surface area contributed by atoms with Gasteiger partial charge in [0.25, 0.3) is 0 Å². The van der Waals surface area contributed by atoms with Crippen LogP contribution in [-0.2, 0) is 6.54 Å². The quantitative estimate of drug-likeness (QED) is 0.622. The zero-order valence-corrected chi connectivity index (χ0v) is 13.5. The molecule has 7 heteroatoms. The first-order valence-electron chi connectivity index (χ1n) is 7.98. The van der Waals surface area contributed by atoms with Gasteiger partial charge in [-0.05, 0) is 12.5 Å². The van der Waals surface area contributed by atoms with Gasteiger partial charge in [0.15, 0.2) is 17.3 Å². The number of anilines is 2. The number of H-pyrrole nitrogens is 1. The normalized spacial score (nSPS) is 11.0. The predicted molar refractivity (Wildman–Crippen MR) is 90.1 cm³/mol. The van der Waals surface area contributed by atoms with Crippen molar-refractivity contribution in [1.29, 1.82) is 0 Å². The lowest BCUT2D eigenvalue weighted by Gasteiger charge is -2.06. The van der Waals surface area contributed by atoms with Crippen LogP contribution < -0.4 is 10.1 Å². The Balaban J connectivity index is 1.74. The second-order valence-electron chi connectivity index (χ2n) is 5.48. The van der Waals surface area contributed by atoms with E-state index in [1.54, 1.807) is 19.4 Å². The summed E-state index contributed by atoms with van der Waals surface area (Å²) >= 11 is 0. The smallest absolute Gasteiger partial charge is 0.210 e. The highest BCUT2D eigenvalue weighted by molar-refractivity contribution is 5.73. The number of methoxy groups -OCH3 is 1. The van der Waals surface area contributed by atoms with Gasteiger partial charge in [0.1, 0.15) is 5.52 Å². The summed E-state index contributed by atoms with van der Waals surface area (Å²) in [5, 5.41) is 10.0. The number of fused-ring (bicyclic) bond motifs is 1. The van der Waals surface area contributed by atoms with E-state index < -0.39 is 0 Å². The molecule has 0 atom stereocenters. The Morgan fingerprint density at radius 3 is 2.96 bits per heavy atom. The zero-order chi connectivity index (χ0) is 16.1. The van der Waals surface area contributed by atoms with Crippen molar-refractivity contribution < 1.29 is 4.74 Å². The van der Waals surface area contributed by atoms with E-state index in [0.29, 0.717) is 17.5 Å². The standard InChI is InChI=1S/C16H22N6O/c1-3-4-5-6-8-22-9-7-12-16(22)19-14(11-17-12)18-13-10-15(23-2)21-20-13/h7,9-11H,3-6,8H2,1-2H3,(H2,18,19,20,21). The summed E-state index contributed by atoms with van der Waals surface area (Å²) in [5.41, 5.74) is 1.81. The average Bonchev–Trinajstić information content (AvgIpc) is 3.18. The molecule has 3 aromatic rings. The third-order valence-electron chi connectivity index (χ3n) is 3.75. The van der Waals surface area contributed by atoms with Gasteiger partial charge in [-0.3, -0.25) is 0 Å². The topological polar surface area (TPSA) is 80.6 Å². The van der Waals surface area contributed by atoms with Crippen molar-refractivity contribution in [1.82, 2.24) is 24.7 Å². The summed E-state index contributed by atoms with van der Waals surface area (Å²) in [4.78, 5) is 9.11. The van der Waals surface area contributed by atoms with Gasteiger partial charge in [0.05, 0.1) is 13.3 Å². The van der Waals surface area contributed by atoms with Crippen molar-refractivity contribution in [2.45, 2.75) is 39.2 Å². The predicted octanol–water partition coefficient (Wildman–Crippen LogP) is 3.49. The lowest BCUT2D eigenvalue weighted by molar-refractivity contribution is 0.397. The Labute approximate surface area is 135 Å². The van der Waals surface area contributed by atoms with Crippen LogP contribution in [0.25, 0.3) is 11.2 Å². The Morgan fingerprint density at radius 1 is 1.26 bits per heavy atom. The van der Waals surface area contributed by atoms with Gasteiger partial charge >= 0.3 is 0 Å². The monoisotopic (exact) mass is 314 g/mol. The maximum Gasteiger partial charge on any atom is 0.210 e. The summed E-state index contributed by atoms with van der Waals surface area (Å²) in [6.45, 7) is 3.19. The molecule has 122 valence electrons. The minimum Gasteiger partial charge on any atom is -0.481 e. The number of nitrogens with zero attached hydrogens (tertiary/aromatic N) is 4. The second kappa shape index (κ2) is 7.13. The third-order valence-corrected chi connectivity index (χ3v) is 3.75. The third kappa shape index (κ3) is 3.61. The van der Waals surface area contributed by atoms with Gasteiger partial charge in [-0.2, -0.15) is 5.10 Å². The number of aryl methyl sites for hydroxylation is 1. The molecule has 0 saturated carbocycles. The summed E-state index contributed by atoms with van der Waals surface area (Å²) in [6, 6.07) is 3.78. The van der Waals surface area contributed by atoms with Gasteiger partial charge < -0.3 is 14.6 Å². The van der Waals surface area contributed by atoms with E-state index in [2.05, 4.69) is 43.2 Å². The highest BCUT2D eigenvalue weighted by Crippen LogP contribution is 2.19. The molecule has 0 fully saturated rings. The van der Waals surface area contributed by atoms with E-state index in [9.17, 15) is 0 Å². The Bertz CT molecular complexity index is 763. The highest BCUT2D eigenvalue weighted by atomic mass is 16.5. The summed E-state index contributed by atoms with van der Waals surface area (Å²) in [5.74, 6) is 1.91. The molecule has 0 aromatic carbocycles. The molecule has 0 unspecified atom stereocenters. The van der Waals surface area contributed by atoms with E-state index in [1.807, 2.05) is 6.07 Å². The number of hydrogen-bond acceptors (Lipinski definition) is 5. The molecule has 3 rings (SSSR count). The van der Waals surface area contributed by atoms with Crippen molar-refractivity contribution in [2.24, 2.45) is 0 Å². The van der Waals surface area contributed by atoms with Crippen molar-refractivity contribution in [2.75, 3.05) is 12.4 Å². The van der Waals surface area contributed by atoms with Crippen molar-refractivity contribution >= 4 is 22.8 Å². The lowest BCUT2D eigenvalue weighted by atomic mass is 10.2. The number of hydrogen-bond donors (Lipinski definition) is 2. The molecule has 0 amide bonds. The minimum atomic E-state index is 0.598. The van der Waals surface area contributed by atoms with E-state index >= 15 is 0 Å². The summed E-state index contributed by atoms with van der Waals surface area (Å²) in [7, 11) is 1.59. The molecule has 0 radical (unpaired) electrons. The molecule has 0 aliphatic heterocycles. The van der Waals surface area contributed by atoms with Crippen LogP contribution >= 0.6 is 0 Å². The SMILES string of the molecule is CCCCCCn1ccc2ncc(Nc3cc(OC)[nH]n3)nc21. The molecule has 0 saturated heterocycles. The molecular formula is C16H22N6O. The number of ether oxygens (including phenoxy) is 1. The number of nitrogens with one attached hydrogen (secondary N) is 2. The molecular weight excluding hydrogens is 292 g/mol. The van der Waals surface area contributed by atoms with Gasteiger partial charge in [-0.15, -0.1) is 0 Å². The fourth-order valence-electron chi connectivity index (χ4n) is 2.50. The molecule has 23 heavy (non-hydrogen) atoms. The first-order valence-corrected chi connectivity index (χ1v) is 7.98. The van der Waals surface area contributed by atoms with Crippen LogP contribution in [0, 0.1) is 0 Å². The van der Waals surface area contributed by atoms with Crippen LogP contribution in [0.4, 0.5) is 11.6 Å². The van der Waals surface area contributed by atoms with Crippen LogP contribution in [0.1, 0.15) is 32.6 Å². The van der Waals surface area contributed by atoms with Gasteiger partial charge in [-0.1, -0.05) is 26.2 Å². The van der Waals surface area contributed by atoms with Crippen LogP contribution in [-0.4, -0.2) is 31.8 Å². The summed E-state index contributed by atoms with van der Waals surface area (Å²) in [6.07, 6.45) is 8.69. The fourth-order valence-corrected chi connectivity index (χ4v) is 2.50. The molecule has 7 nitrogen and oxygen atoms in total. The molecule has 0 aliphatic carbocycles.